The highest BCUT2D eigenvalue weighted by molar-refractivity contribution is 5.94. The summed E-state index contributed by atoms with van der Waals surface area (Å²) in [6.45, 7) is 4.76. The fourth-order valence-electron chi connectivity index (χ4n) is 3.58. The second-order valence-electron chi connectivity index (χ2n) is 7.07. The van der Waals surface area contributed by atoms with Crippen LogP contribution in [0.4, 0.5) is 0 Å². The molecule has 0 bridgehead atoms. The van der Waals surface area contributed by atoms with E-state index in [1.165, 1.54) is 11.3 Å². The number of aromatic amines is 1. The molecule has 1 aliphatic rings. The van der Waals surface area contributed by atoms with Gasteiger partial charge >= 0.3 is 0 Å². The van der Waals surface area contributed by atoms with Gasteiger partial charge in [-0.1, -0.05) is 12.1 Å². The third-order valence-corrected chi connectivity index (χ3v) is 5.00. The lowest BCUT2D eigenvalue weighted by molar-refractivity contribution is 0.0933. The number of rotatable bonds is 4. The van der Waals surface area contributed by atoms with Gasteiger partial charge < -0.3 is 5.32 Å². The van der Waals surface area contributed by atoms with Crippen LogP contribution in [0.1, 0.15) is 45.0 Å². The SMILES string of the molecule is Cc1cc(C)n(Cc2ccc(C(=O)N[C@H]3CCc4[nH]ncc4C3)cc2)n1. The Morgan fingerprint density at radius 3 is 2.85 bits per heavy atom. The van der Waals surface area contributed by atoms with E-state index >= 15 is 0 Å². The van der Waals surface area contributed by atoms with Crippen molar-refractivity contribution < 1.29 is 4.79 Å². The molecule has 3 aromatic rings. The first kappa shape index (κ1) is 16.6. The molecule has 4 rings (SSSR count). The normalized spacial score (nSPS) is 16.3. The van der Waals surface area contributed by atoms with Gasteiger partial charge in [-0.05, 0) is 62.4 Å². The summed E-state index contributed by atoms with van der Waals surface area (Å²) in [7, 11) is 0. The van der Waals surface area contributed by atoms with E-state index in [2.05, 4.69) is 33.6 Å². The van der Waals surface area contributed by atoms with Crippen molar-refractivity contribution in [3.8, 4) is 0 Å². The summed E-state index contributed by atoms with van der Waals surface area (Å²) < 4.78 is 1.98. The Hall–Kier alpha value is -2.89. The van der Waals surface area contributed by atoms with Gasteiger partial charge in [-0.2, -0.15) is 10.2 Å². The Balaban J connectivity index is 1.39. The van der Waals surface area contributed by atoms with Crippen LogP contribution in [-0.4, -0.2) is 31.9 Å². The van der Waals surface area contributed by atoms with Crippen molar-refractivity contribution in [2.24, 2.45) is 0 Å². The molecule has 1 aliphatic carbocycles. The van der Waals surface area contributed by atoms with Crippen LogP contribution in [0.15, 0.2) is 36.5 Å². The zero-order valence-corrected chi connectivity index (χ0v) is 15.1. The van der Waals surface area contributed by atoms with Crippen LogP contribution in [-0.2, 0) is 19.4 Å². The van der Waals surface area contributed by atoms with Crippen molar-refractivity contribution in [1.82, 2.24) is 25.3 Å². The number of fused-ring (bicyclic) bond motifs is 1. The molecule has 0 fully saturated rings. The number of amides is 1. The molecule has 0 spiro atoms. The third-order valence-electron chi connectivity index (χ3n) is 5.00. The van der Waals surface area contributed by atoms with E-state index in [-0.39, 0.29) is 11.9 Å². The van der Waals surface area contributed by atoms with Crippen LogP contribution in [0, 0.1) is 13.8 Å². The summed E-state index contributed by atoms with van der Waals surface area (Å²) in [4.78, 5) is 12.5. The molecule has 1 atom stereocenters. The zero-order chi connectivity index (χ0) is 18.1. The van der Waals surface area contributed by atoms with E-state index in [0.717, 1.165) is 36.2 Å². The first-order valence-corrected chi connectivity index (χ1v) is 9.00. The second kappa shape index (κ2) is 6.78. The molecule has 0 saturated carbocycles. The van der Waals surface area contributed by atoms with Gasteiger partial charge in [-0.25, -0.2) is 0 Å². The van der Waals surface area contributed by atoms with Crippen molar-refractivity contribution in [2.45, 2.75) is 45.7 Å². The van der Waals surface area contributed by atoms with Crippen LogP contribution in [0.2, 0.25) is 0 Å². The standard InChI is InChI=1S/C20H23N5O/c1-13-9-14(2)25(24-13)12-15-3-5-16(6-4-15)20(26)22-18-7-8-19-17(10-18)11-21-23-19/h3-6,9,11,18H,7-8,10,12H2,1-2H3,(H,21,23)(H,22,26)/t18-/m0/s1. The fraction of sp³-hybridized carbons (Fsp3) is 0.350. The van der Waals surface area contributed by atoms with Crippen LogP contribution < -0.4 is 5.32 Å². The molecule has 2 heterocycles. The average molecular weight is 349 g/mol. The molecule has 26 heavy (non-hydrogen) atoms. The van der Waals surface area contributed by atoms with Gasteiger partial charge in [0.15, 0.2) is 0 Å². The van der Waals surface area contributed by atoms with E-state index in [4.69, 9.17) is 0 Å². The minimum atomic E-state index is -0.0143. The smallest absolute Gasteiger partial charge is 0.251 e. The molecular weight excluding hydrogens is 326 g/mol. The number of nitrogens with one attached hydrogen (secondary N) is 2. The monoisotopic (exact) mass is 349 g/mol. The van der Waals surface area contributed by atoms with E-state index in [1.54, 1.807) is 0 Å². The highest BCUT2D eigenvalue weighted by atomic mass is 16.1. The molecule has 1 amide bonds. The summed E-state index contributed by atoms with van der Waals surface area (Å²) in [6.07, 6.45) is 4.58. The molecule has 6 heteroatoms. The minimum absolute atomic E-state index is 0.0143. The highest BCUT2D eigenvalue weighted by Crippen LogP contribution is 2.19. The van der Waals surface area contributed by atoms with E-state index in [9.17, 15) is 4.79 Å². The minimum Gasteiger partial charge on any atom is -0.349 e. The van der Waals surface area contributed by atoms with Crippen molar-refractivity contribution >= 4 is 5.91 Å². The molecule has 1 aromatic carbocycles. The van der Waals surface area contributed by atoms with Gasteiger partial charge in [0.2, 0.25) is 0 Å². The number of benzene rings is 1. The molecule has 0 saturated heterocycles. The van der Waals surface area contributed by atoms with Gasteiger partial charge in [0, 0.05) is 23.0 Å². The third kappa shape index (κ3) is 3.40. The average Bonchev–Trinajstić information content (AvgIpc) is 3.21. The zero-order valence-electron chi connectivity index (χ0n) is 15.1. The molecule has 0 unspecified atom stereocenters. The maximum absolute atomic E-state index is 12.5. The highest BCUT2D eigenvalue weighted by Gasteiger charge is 2.21. The number of carbonyl (C=O) groups is 1. The lowest BCUT2D eigenvalue weighted by atomic mass is 9.93. The number of aromatic nitrogens is 4. The lowest BCUT2D eigenvalue weighted by Gasteiger charge is -2.22. The molecule has 2 aromatic heterocycles. The Bertz CT molecular complexity index is 922. The molecule has 0 radical (unpaired) electrons. The van der Waals surface area contributed by atoms with Crippen LogP contribution in [0.3, 0.4) is 0 Å². The number of hydrogen-bond acceptors (Lipinski definition) is 3. The Morgan fingerprint density at radius 2 is 2.12 bits per heavy atom. The molecule has 0 aliphatic heterocycles. The molecule has 6 nitrogen and oxygen atoms in total. The van der Waals surface area contributed by atoms with Crippen molar-refractivity contribution in [3.05, 3.63) is 70.3 Å². The molecule has 134 valence electrons. The predicted octanol–water partition coefficient (Wildman–Crippen LogP) is 2.56. The summed E-state index contributed by atoms with van der Waals surface area (Å²) in [6, 6.07) is 10.0. The van der Waals surface area contributed by atoms with Gasteiger partial charge in [0.25, 0.3) is 5.91 Å². The maximum Gasteiger partial charge on any atom is 0.251 e. The first-order valence-electron chi connectivity index (χ1n) is 9.00. The topological polar surface area (TPSA) is 75.6 Å². The first-order chi connectivity index (χ1) is 12.6. The van der Waals surface area contributed by atoms with Crippen LogP contribution in [0.25, 0.3) is 0 Å². The number of H-pyrrole nitrogens is 1. The van der Waals surface area contributed by atoms with Gasteiger partial charge in [-0.15, -0.1) is 0 Å². The molecule has 2 N–H and O–H groups in total. The van der Waals surface area contributed by atoms with Crippen LogP contribution in [0.5, 0.6) is 0 Å². The quantitative estimate of drug-likeness (QED) is 0.760. The van der Waals surface area contributed by atoms with E-state index in [0.29, 0.717) is 12.1 Å². The van der Waals surface area contributed by atoms with Gasteiger partial charge in [0.1, 0.15) is 0 Å². The van der Waals surface area contributed by atoms with Crippen molar-refractivity contribution in [3.63, 3.8) is 0 Å². The number of nitrogens with zero attached hydrogens (tertiary/aromatic N) is 3. The lowest BCUT2D eigenvalue weighted by Crippen LogP contribution is -2.38. The van der Waals surface area contributed by atoms with E-state index in [1.807, 2.05) is 42.1 Å². The summed E-state index contributed by atoms with van der Waals surface area (Å²) in [5.41, 5.74) is 6.39. The summed E-state index contributed by atoms with van der Waals surface area (Å²) in [5, 5.41) is 14.7. The largest absolute Gasteiger partial charge is 0.349 e. The predicted molar refractivity (Wildman–Crippen MR) is 99.1 cm³/mol. The van der Waals surface area contributed by atoms with Crippen molar-refractivity contribution in [2.75, 3.05) is 0 Å². The Kier molecular flexibility index (Phi) is 4.32. The Labute approximate surface area is 152 Å². The molecular formula is C20H23N5O. The van der Waals surface area contributed by atoms with E-state index < -0.39 is 0 Å². The van der Waals surface area contributed by atoms with Crippen molar-refractivity contribution in [1.29, 1.82) is 0 Å². The number of hydrogen-bond donors (Lipinski definition) is 2. The number of carbonyl (C=O) groups excluding carboxylic acids is 1. The van der Waals surface area contributed by atoms with Gasteiger partial charge in [-0.3, -0.25) is 14.6 Å². The number of aryl methyl sites for hydroxylation is 3. The fourth-order valence-corrected chi connectivity index (χ4v) is 3.58. The Morgan fingerprint density at radius 1 is 1.31 bits per heavy atom. The second-order valence-corrected chi connectivity index (χ2v) is 7.07. The maximum atomic E-state index is 12.5. The van der Waals surface area contributed by atoms with Crippen LogP contribution >= 0.6 is 0 Å². The summed E-state index contributed by atoms with van der Waals surface area (Å²) >= 11 is 0. The summed E-state index contributed by atoms with van der Waals surface area (Å²) in [5.74, 6) is -0.0143. The van der Waals surface area contributed by atoms with Gasteiger partial charge in [0.05, 0.1) is 18.4 Å².